The third-order valence-corrected chi connectivity index (χ3v) is 5.00. The number of guanidine groups is 1. The predicted octanol–water partition coefficient (Wildman–Crippen LogP) is 2.00. The molecule has 2 N–H and O–H groups in total. The van der Waals surface area contributed by atoms with Gasteiger partial charge in [0.25, 0.3) is 0 Å². The van der Waals surface area contributed by atoms with Crippen molar-refractivity contribution < 1.29 is 9.47 Å². The van der Waals surface area contributed by atoms with Gasteiger partial charge < -0.3 is 20.1 Å². The highest BCUT2D eigenvalue weighted by Gasteiger charge is 2.20. The summed E-state index contributed by atoms with van der Waals surface area (Å²) in [4.78, 5) is 6.93. The minimum atomic E-state index is 0.323. The first-order chi connectivity index (χ1) is 12.3. The van der Waals surface area contributed by atoms with Crippen molar-refractivity contribution in [3.8, 4) is 11.5 Å². The second-order valence-electron chi connectivity index (χ2n) is 6.62. The van der Waals surface area contributed by atoms with E-state index in [9.17, 15) is 0 Å². The molecular formula is C19H30N4O2. The van der Waals surface area contributed by atoms with E-state index in [1.807, 2.05) is 13.1 Å². The Hall–Kier alpha value is -1.95. The van der Waals surface area contributed by atoms with Crippen LogP contribution in [0.1, 0.15) is 31.7 Å². The zero-order valence-electron chi connectivity index (χ0n) is 15.4. The van der Waals surface area contributed by atoms with Crippen molar-refractivity contribution in [1.82, 2.24) is 15.5 Å². The number of hydrogen-bond donors (Lipinski definition) is 2. The van der Waals surface area contributed by atoms with Gasteiger partial charge in [-0.05, 0) is 56.5 Å². The molecule has 138 valence electrons. The highest BCUT2D eigenvalue weighted by molar-refractivity contribution is 5.79. The van der Waals surface area contributed by atoms with Gasteiger partial charge in [-0.3, -0.25) is 9.89 Å². The highest BCUT2D eigenvalue weighted by atomic mass is 16.7. The third kappa shape index (κ3) is 4.78. The molecule has 1 saturated heterocycles. The van der Waals surface area contributed by atoms with Crippen LogP contribution in [0.2, 0.25) is 0 Å². The van der Waals surface area contributed by atoms with Crippen LogP contribution >= 0.6 is 0 Å². The van der Waals surface area contributed by atoms with Crippen LogP contribution in [0.25, 0.3) is 0 Å². The second kappa shape index (κ2) is 8.94. The van der Waals surface area contributed by atoms with Crippen LogP contribution in [-0.4, -0.2) is 56.9 Å². The van der Waals surface area contributed by atoms with Gasteiger partial charge in [-0.25, -0.2) is 0 Å². The third-order valence-electron chi connectivity index (χ3n) is 5.00. The van der Waals surface area contributed by atoms with Gasteiger partial charge in [0.15, 0.2) is 17.5 Å². The molecule has 0 saturated carbocycles. The SMILES string of the molecule is CCC(CNC(=NC)NCCc1ccc2c(c1)OCO2)N1CCCC1. The highest BCUT2D eigenvalue weighted by Crippen LogP contribution is 2.32. The number of aliphatic imine (C=N–C) groups is 1. The molecule has 1 aromatic rings. The van der Waals surface area contributed by atoms with Gasteiger partial charge in [0, 0.05) is 26.2 Å². The monoisotopic (exact) mass is 346 g/mol. The molecule has 0 radical (unpaired) electrons. The number of hydrogen-bond acceptors (Lipinski definition) is 4. The van der Waals surface area contributed by atoms with E-state index in [4.69, 9.17) is 9.47 Å². The lowest BCUT2D eigenvalue weighted by Crippen LogP contribution is -2.46. The van der Waals surface area contributed by atoms with Crippen molar-refractivity contribution in [2.75, 3.05) is 40.0 Å². The van der Waals surface area contributed by atoms with E-state index in [0.29, 0.717) is 12.8 Å². The Labute approximate surface area is 150 Å². The van der Waals surface area contributed by atoms with Crippen LogP contribution in [0, 0.1) is 0 Å². The first-order valence-electron chi connectivity index (χ1n) is 9.37. The summed E-state index contributed by atoms with van der Waals surface area (Å²) in [6.07, 6.45) is 4.75. The van der Waals surface area contributed by atoms with Crippen LogP contribution < -0.4 is 20.1 Å². The van der Waals surface area contributed by atoms with Crippen LogP contribution in [0.4, 0.5) is 0 Å². The summed E-state index contributed by atoms with van der Waals surface area (Å²) in [7, 11) is 1.83. The van der Waals surface area contributed by atoms with Crippen LogP contribution in [-0.2, 0) is 6.42 Å². The van der Waals surface area contributed by atoms with E-state index in [0.717, 1.165) is 37.0 Å². The summed E-state index contributed by atoms with van der Waals surface area (Å²) in [5, 5.41) is 6.88. The first kappa shape index (κ1) is 17.9. The zero-order valence-corrected chi connectivity index (χ0v) is 15.4. The fourth-order valence-corrected chi connectivity index (χ4v) is 3.50. The summed E-state index contributed by atoms with van der Waals surface area (Å²) in [5.74, 6) is 2.55. The zero-order chi connectivity index (χ0) is 17.5. The van der Waals surface area contributed by atoms with Gasteiger partial charge in [-0.15, -0.1) is 0 Å². The molecule has 0 aliphatic carbocycles. The minimum absolute atomic E-state index is 0.323. The van der Waals surface area contributed by atoms with Crippen molar-refractivity contribution >= 4 is 5.96 Å². The van der Waals surface area contributed by atoms with E-state index in [2.05, 4.69) is 39.6 Å². The standard InChI is InChI=1S/C19H30N4O2/c1-3-16(23-10-4-5-11-23)13-22-19(20-2)21-9-8-15-6-7-17-18(12-15)25-14-24-17/h6-7,12,16H,3-5,8-11,13-14H2,1-2H3,(H2,20,21,22). The lowest BCUT2D eigenvalue weighted by atomic mass is 10.1. The van der Waals surface area contributed by atoms with E-state index < -0.39 is 0 Å². The van der Waals surface area contributed by atoms with Crippen LogP contribution in [0.5, 0.6) is 11.5 Å². The van der Waals surface area contributed by atoms with Crippen LogP contribution in [0.15, 0.2) is 23.2 Å². The Morgan fingerprint density at radius 3 is 2.76 bits per heavy atom. The van der Waals surface area contributed by atoms with E-state index >= 15 is 0 Å². The average molecular weight is 346 g/mol. The summed E-state index contributed by atoms with van der Waals surface area (Å²) in [6.45, 7) is 6.83. The summed E-state index contributed by atoms with van der Waals surface area (Å²) in [5.41, 5.74) is 1.23. The summed E-state index contributed by atoms with van der Waals surface area (Å²) in [6, 6.07) is 6.72. The Balaban J connectivity index is 1.41. The number of nitrogens with one attached hydrogen (secondary N) is 2. The summed E-state index contributed by atoms with van der Waals surface area (Å²) < 4.78 is 10.8. The Kier molecular flexibility index (Phi) is 6.39. The largest absolute Gasteiger partial charge is 0.454 e. The van der Waals surface area contributed by atoms with Gasteiger partial charge >= 0.3 is 0 Å². The van der Waals surface area contributed by atoms with Crippen molar-refractivity contribution in [3.63, 3.8) is 0 Å². The van der Waals surface area contributed by atoms with Crippen molar-refractivity contribution in [2.24, 2.45) is 4.99 Å². The number of benzene rings is 1. The lowest BCUT2D eigenvalue weighted by Gasteiger charge is -2.27. The molecule has 1 aromatic carbocycles. The fraction of sp³-hybridized carbons (Fsp3) is 0.632. The Morgan fingerprint density at radius 2 is 2.00 bits per heavy atom. The fourth-order valence-electron chi connectivity index (χ4n) is 3.50. The molecule has 0 spiro atoms. The first-order valence-corrected chi connectivity index (χ1v) is 9.37. The average Bonchev–Trinajstić information content (AvgIpc) is 3.32. The maximum Gasteiger partial charge on any atom is 0.231 e. The molecule has 1 atom stereocenters. The van der Waals surface area contributed by atoms with E-state index in [1.54, 1.807) is 0 Å². The molecule has 25 heavy (non-hydrogen) atoms. The van der Waals surface area contributed by atoms with Gasteiger partial charge in [-0.1, -0.05) is 13.0 Å². The van der Waals surface area contributed by atoms with Crippen molar-refractivity contribution in [3.05, 3.63) is 23.8 Å². The number of ether oxygens (including phenoxy) is 2. The number of fused-ring (bicyclic) bond motifs is 1. The molecule has 3 rings (SSSR count). The normalized spacial score (nSPS) is 18.4. The van der Waals surface area contributed by atoms with Gasteiger partial charge in [0.2, 0.25) is 6.79 Å². The maximum atomic E-state index is 5.43. The van der Waals surface area contributed by atoms with Gasteiger partial charge in [0.1, 0.15) is 0 Å². The molecule has 2 heterocycles. The predicted molar refractivity (Wildman–Crippen MR) is 101 cm³/mol. The second-order valence-corrected chi connectivity index (χ2v) is 6.62. The molecule has 2 aliphatic rings. The Morgan fingerprint density at radius 1 is 1.20 bits per heavy atom. The van der Waals surface area contributed by atoms with Crippen molar-refractivity contribution in [1.29, 1.82) is 0 Å². The quantitative estimate of drug-likeness (QED) is 0.584. The molecule has 0 amide bonds. The molecule has 0 bridgehead atoms. The maximum absolute atomic E-state index is 5.43. The molecular weight excluding hydrogens is 316 g/mol. The van der Waals surface area contributed by atoms with E-state index in [1.165, 1.54) is 37.9 Å². The van der Waals surface area contributed by atoms with Gasteiger partial charge in [0.05, 0.1) is 0 Å². The smallest absolute Gasteiger partial charge is 0.231 e. The molecule has 6 nitrogen and oxygen atoms in total. The number of likely N-dealkylation sites (tertiary alicyclic amines) is 1. The molecule has 1 fully saturated rings. The van der Waals surface area contributed by atoms with Gasteiger partial charge in [-0.2, -0.15) is 0 Å². The molecule has 0 aromatic heterocycles. The number of nitrogens with zero attached hydrogens (tertiary/aromatic N) is 2. The minimum Gasteiger partial charge on any atom is -0.454 e. The Bertz CT molecular complexity index is 585. The number of rotatable bonds is 7. The van der Waals surface area contributed by atoms with E-state index in [-0.39, 0.29) is 0 Å². The van der Waals surface area contributed by atoms with Crippen LogP contribution in [0.3, 0.4) is 0 Å². The summed E-state index contributed by atoms with van der Waals surface area (Å²) >= 11 is 0. The van der Waals surface area contributed by atoms with Crippen molar-refractivity contribution in [2.45, 2.75) is 38.6 Å². The molecule has 6 heteroatoms. The topological polar surface area (TPSA) is 58.1 Å². The molecule has 2 aliphatic heterocycles. The molecule has 1 unspecified atom stereocenters. The lowest BCUT2D eigenvalue weighted by molar-refractivity contribution is 0.174.